The Balaban J connectivity index is 2.95. The van der Waals surface area contributed by atoms with Gasteiger partial charge < -0.3 is 4.57 Å². The van der Waals surface area contributed by atoms with Crippen molar-refractivity contribution in [1.29, 1.82) is 5.26 Å². The molecule has 64 valence electrons. The molecule has 0 N–H and O–H groups in total. The van der Waals surface area contributed by atoms with Crippen LogP contribution in [0.1, 0.15) is 11.3 Å². The third-order valence-electron chi connectivity index (χ3n) is 2.45. The fourth-order valence-corrected chi connectivity index (χ4v) is 1.59. The fraction of sp³-hybridized carbons (Fsp3) is 0.182. The second-order valence-electron chi connectivity index (χ2n) is 3.19. The van der Waals surface area contributed by atoms with Crippen LogP contribution >= 0.6 is 0 Å². The number of benzene rings is 1. The molecule has 1 heterocycles. The van der Waals surface area contributed by atoms with Crippen molar-refractivity contribution >= 4 is 10.9 Å². The summed E-state index contributed by atoms with van der Waals surface area (Å²) in [5.74, 6) is 0. The molecule has 0 unspecified atom stereocenters. The van der Waals surface area contributed by atoms with Crippen molar-refractivity contribution in [3.63, 3.8) is 0 Å². The van der Waals surface area contributed by atoms with Gasteiger partial charge >= 0.3 is 0 Å². The molecular weight excluding hydrogens is 160 g/mol. The highest BCUT2D eigenvalue weighted by atomic mass is 14.9. The number of fused-ring (bicyclic) bond motifs is 1. The van der Waals surface area contributed by atoms with Crippen LogP contribution < -0.4 is 0 Å². The summed E-state index contributed by atoms with van der Waals surface area (Å²) < 4.78 is 2.09. The Bertz CT molecular complexity index is 501. The molecule has 0 aliphatic heterocycles. The van der Waals surface area contributed by atoms with Gasteiger partial charge in [0, 0.05) is 23.6 Å². The maximum atomic E-state index is 8.88. The van der Waals surface area contributed by atoms with E-state index in [1.54, 1.807) is 0 Å². The highest BCUT2D eigenvalue weighted by Gasteiger charge is 2.04. The summed E-state index contributed by atoms with van der Waals surface area (Å²) in [6.45, 7) is 2.04. The van der Waals surface area contributed by atoms with Gasteiger partial charge in [-0.25, -0.2) is 0 Å². The van der Waals surface area contributed by atoms with Crippen molar-refractivity contribution in [2.24, 2.45) is 7.05 Å². The molecule has 0 saturated carbocycles. The molecule has 0 atom stereocenters. The standard InChI is InChI=1S/C11H10N2/c1-8-6-10-9(7-12)4-3-5-11(10)13(8)2/h3-6H,1-2H3. The van der Waals surface area contributed by atoms with Gasteiger partial charge in [0.1, 0.15) is 0 Å². The van der Waals surface area contributed by atoms with Crippen LogP contribution in [0.5, 0.6) is 0 Å². The number of rotatable bonds is 0. The van der Waals surface area contributed by atoms with Crippen LogP contribution in [-0.2, 0) is 7.05 Å². The van der Waals surface area contributed by atoms with E-state index in [-0.39, 0.29) is 0 Å². The highest BCUT2D eigenvalue weighted by molar-refractivity contribution is 5.86. The molecule has 0 aliphatic carbocycles. The van der Waals surface area contributed by atoms with E-state index < -0.39 is 0 Å². The van der Waals surface area contributed by atoms with Crippen molar-refractivity contribution in [2.45, 2.75) is 6.92 Å². The van der Waals surface area contributed by atoms with Gasteiger partial charge in [0.25, 0.3) is 0 Å². The minimum Gasteiger partial charge on any atom is -0.348 e. The van der Waals surface area contributed by atoms with Crippen LogP contribution in [0.3, 0.4) is 0 Å². The van der Waals surface area contributed by atoms with Gasteiger partial charge in [-0.05, 0) is 25.1 Å². The lowest BCUT2D eigenvalue weighted by atomic mass is 10.1. The molecule has 1 aromatic carbocycles. The highest BCUT2D eigenvalue weighted by Crippen LogP contribution is 2.21. The van der Waals surface area contributed by atoms with Crippen LogP contribution in [-0.4, -0.2) is 4.57 Å². The van der Waals surface area contributed by atoms with Crippen LogP contribution in [0, 0.1) is 18.3 Å². The summed E-state index contributed by atoms with van der Waals surface area (Å²) >= 11 is 0. The van der Waals surface area contributed by atoms with Gasteiger partial charge in [0.05, 0.1) is 11.6 Å². The third kappa shape index (κ3) is 1.01. The Morgan fingerprint density at radius 3 is 2.85 bits per heavy atom. The minimum atomic E-state index is 0.751. The normalized spacial score (nSPS) is 10.2. The number of nitriles is 1. The second-order valence-corrected chi connectivity index (χ2v) is 3.19. The molecule has 2 nitrogen and oxygen atoms in total. The average molecular weight is 170 g/mol. The number of aryl methyl sites for hydroxylation is 2. The Kier molecular flexibility index (Phi) is 1.60. The first-order valence-corrected chi connectivity index (χ1v) is 4.19. The van der Waals surface area contributed by atoms with Crippen LogP contribution in [0.2, 0.25) is 0 Å². The lowest BCUT2D eigenvalue weighted by Crippen LogP contribution is -1.88. The average Bonchev–Trinajstić information content (AvgIpc) is 2.43. The van der Waals surface area contributed by atoms with Crippen molar-refractivity contribution in [3.05, 3.63) is 35.5 Å². The number of hydrogen-bond donors (Lipinski definition) is 0. The van der Waals surface area contributed by atoms with Crippen LogP contribution in [0.4, 0.5) is 0 Å². The van der Waals surface area contributed by atoms with E-state index in [1.165, 1.54) is 5.69 Å². The summed E-state index contributed by atoms with van der Waals surface area (Å²) in [6.07, 6.45) is 0. The quantitative estimate of drug-likeness (QED) is 0.596. The summed E-state index contributed by atoms with van der Waals surface area (Å²) in [4.78, 5) is 0. The lowest BCUT2D eigenvalue weighted by Gasteiger charge is -1.97. The molecular formula is C11H10N2. The van der Waals surface area contributed by atoms with Gasteiger partial charge in [0.2, 0.25) is 0 Å². The third-order valence-corrected chi connectivity index (χ3v) is 2.45. The van der Waals surface area contributed by atoms with E-state index in [1.807, 2.05) is 38.2 Å². The van der Waals surface area contributed by atoms with E-state index in [0.717, 1.165) is 16.5 Å². The Labute approximate surface area is 77.0 Å². The Morgan fingerprint density at radius 1 is 1.38 bits per heavy atom. The first-order valence-electron chi connectivity index (χ1n) is 4.19. The monoisotopic (exact) mass is 170 g/mol. The summed E-state index contributed by atoms with van der Waals surface area (Å²) in [5.41, 5.74) is 3.05. The van der Waals surface area contributed by atoms with E-state index in [0.29, 0.717) is 0 Å². The van der Waals surface area contributed by atoms with E-state index in [9.17, 15) is 0 Å². The molecule has 0 amide bonds. The summed E-state index contributed by atoms with van der Waals surface area (Å²) in [5, 5.41) is 9.92. The van der Waals surface area contributed by atoms with Gasteiger partial charge in [-0.3, -0.25) is 0 Å². The van der Waals surface area contributed by atoms with Crippen LogP contribution in [0.25, 0.3) is 10.9 Å². The second kappa shape index (κ2) is 2.63. The molecule has 0 radical (unpaired) electrons. The predicted octanol–water partition coefficient (Wildman–Crippen LogP) is 2.36. The number of hydrogen-bond acceptors (Lipinski definition) is 1. The predicted molar refractivity (Wildman–Crippen MR) is 52.4 cm³/mol. The van der Waals surface area contributed by atoms with E-state index in [2.05, 4.69) is 10.6 Å². The number of nitrogens with zero attached hydrogens (tertiary/aromatic N) is 2. The van der Waals surface area contributed by atoms with Crippen molar-refractivity contribution < 1.29 is 0 Å². The fourth-order valence-electron chi connectivity index (χ4n) is 1.59. The van der Waals surface area contributed by atoms with Gasteiger partial charge in [-0.15, -0.1) is 0 Å². The zero-order chi connectivity index (χ0) is 9.42. The van der Waals surface area contributed by atoms with Gasteiger partial charge in [-0.1, -0.05) is 6.07 Å². The van der Waals surface area contributed by atoms with Gasteiger partial charge in [0.15, 0.2) is 0 Å². The molecule has 2 rings (SSSR count). The lowest BCUT2D eigenvalue weighted by molar-refractivity contribution is 0.918. The van der Waals surface area contributed by atoms with Gasteiger partial charge in [-0.2, -0.15) is 5.26 Å². The molecule has 0 fully saturated rings. The zero-order valence-electron chi connectivity index (χ0n) is 7.70. The smallest absolute Gasteiger partial charge is 0.0998 e. The summed E-state index contributed by atoms with van der Waals surface area (Å²) in [7, 11) is 2.01. The van der Waals surface area contributed by atoms with Crippen molar-refractivity contribution in [2.75, 3.05) is 0 Å². The first kappa shape index (κ1) is 7.88. The zero-order valence-corrected chi connectivity index (χ0v) is 7.70. The molecule has 0 aliphatic rings. The van der Waals surface area contributed by atoms with Crippen molar-refractivity contribution in [1.82, 2.24) is 4.57 Å². The van der Waals surface area contributed by atoms with Crippen LogP contribution in [0.15, 0.2) is 24.3 Å². The van der Waals surface area contributed by atoms with E-state index in [4.69, 9.17) is 5.26 Å². The maximum Gasteiger partial charge on any atom is 0.0998 e. The number of aromatic nitrogens is 1. The SMILES string of the molecule is Cc1cc2c(C#N)cccc2n1C. The van der Waals surface area contributed by atoms with Crippen molar-refractivity contribution in [3.8, 4) is 6.07 Å². The maximum absolute atomic E-state index is 8.88. The Morgan fingerprint density at radius 2 is 2.15 bits per heavy atom. The largest absolute Gasteiger partial charge is 0.348 e. The first-order chi connectivity index (χ1) is 6.24. The molecule has 2 heteroatoms. The summed E-state index contributed by atoms with van der Waals surface area (Å²) in [6, 6.07) is 10.0. The topological polar surface area (TPSA) is 28.7 Å². The molecule has 0 saturated heterocycles. The molecule has 2 aromatic rings. The molecule has 13 heavy (non-hydrogen) atoms. The molecule has 0 spiro atoms. The minimum absolute atomic E-state index is 0.751. The Hall–Kier alpha value is -1.75. The van der Waals surface area contributed by atoms with E-state index >= 15 is 0 Å². The molecule has 1 aromatic heterocycles. The molecule has 0 bridgehead atoms.